The van der Waals surface area contributed by atoms with E-state index in [4.69, 9.17) is 5.73 Å². The molecule has 2 fully saturated rings. The topological polar surface area (TPSA) is 49.6 Å². The third kappa shape index (κ3) is 4.68. The van der Waals surface area contributed by atoms with Crippen LogP contribution in [-0.4, -0.2) is 48.6 Å². The molecule has 0 aromatic carbocycles. The summed E-state index contributed by atoms with van der Waals surface area (Å²) in [5, 5.41) is 0. The van der Waals surface area contributed by atoms with E-state index in [0.29, 0.717) is 0 Å². The van der Waals surface area contributed by atoms with Crippen LogP contribution in [0.5, 0.6) is 0 Å². The Bertz CT molecular complexity index is 295. The first-order chi connectivity index (χ1) is 9.15. The molecule has 1 aliphatic heterocycles. The van der Waals surface area contributed by atoms with Crippen LogP contribution in [0.25, 0.3) is 0 Å². The van der Waals surface area contributed by atoms with Gasteiger partial charge in [-0.2, -0.15) is 0 Å². The maximum Gasteiger partial charge on any atom is 0.314 e. The van der Waals surface area contributed by atoms with Crippen LogP contribution in [0, 0.1) is 11.8 Å². The molecule has 2 amide bonds. The van der Waals surface area contributed by atoms with Gasteiger partial charge in [-0.3, -0.25) is 0 Å². The van der Waals surface area contributed by atoms with Crippen LogP contribution in [0.1, 0.15) is 45.4 Å². The van der Waals surface area contributed by atoms with E-state index in [9.17, 15) is 4.79 Å². The molecular formula is C15H29N3O. The highest BCUT2D eigenvalue weighted by Gasteiger charge is 2.21. The Morgan fingerprint density at radius 3 is 2.74 bits per heavy atom. The zero-order valence-electron chi connectivity index (χ0n) is 12.3. The van der Waals surface area contributed by atoms with Crippen molar-refractivity contribution in [2.24, 2.45) is 17.6 Å². The van der Waals surface area contributed by atoms with Crippen LogP contribution in [0.2, 0.25) is 0 Å². The predicted octanol–water partition coefficient (Wildman–Crippen LogP) is 2.29. The van der Waals surface area contributed by atoms with Crippen molar-refractivity contribution in [3.63, 3.8) is 0 Å². The molecule has 2 atom stereocenters. The van der Waals surface area contributed by atoms with Gasteiger partial charge in [-0.05, 0) is 44.2 Å². The molecular weight excluding hydrogens is 238 g/mol. The highest BCUT2D eigenvalue weighted by atomic mass is 16.2. The average molecular weight is 267 g/mol. The first-order valence-electron chi connectivity index (χ1n) is 7.92. The fraction of sp³-hybridized carbons (Fsp3) is 0.933. The molecule has 2 rings (SSSR count). The van der Waals surface area contributed by atoms with Crippen LogP contribution in [-0.2, 0) is 0 Å². The largest absolute Gasteiger partial charge is 0.351 e. The van der Waals surface area contributed by atoms with Crippen molar-refractivity contribution in [1.29, 1.82) is 0 Å². The standard InChI is InChI=1S/C15H29N3O/c1-13-4-2-5-14(12-13)6-9-17-7-3-8-18(11-10-17)15(16)19/h13-14H,2-12H2,1H3,(H2,16,19). The van der Waals surface area contributed by atoms with E-state index in [2.05, 4.69) is 11.8 Å². The average Bonchev–Trinajstić information content (AvgIpc) is 2.62. The van der Waals surface area contributed by atoms with Gasteiger partial charge in [0.2, 0.25) is 0 Å². The fourth-order valence-electron chi connectivity index (χ4n) is 3.60. The Hall–Kier alpha value is -0.770. The number of carbonyl (C=O) groups excluding carboxylic acids is 1. The maximum absolute atomic E-state index is 11.2. The van der Waals surface area contributed by atoms with Gasteiger partial charge in [0.05, 0.1) is 0 Å². The minimum absolute atomic E-state index is 0.261. The number of hydrogen-bond donors (Lipinski definition) is 1. The van der Waals surface area contributed by atoms with E-state index in [1.165, 1.54) is 38.6 Å². The second kappa shape index (κ2) is 7.13. The Labute approximate surface area is 117 Å². The number of carbonyl (C=O) groups is 1. The summed E-state index contributed by atoms with van der Waals surface area (Å²) in [7, 11) is 0. The molecule has 0 spiro atoms. The van der Waals surface area contributed by atoms with Crippen molar-refractivity contribution in [1.82, 2.24) is 9.80 Å². The van der Waals surface area contributed by atoms with Crippen molar-refractivity contribution in [2.75, 3.05) is 32.7 Å². The quantitative estimate of drug-likeness (QED) is 0.853. The number of hydrogen-bond acceptors (Lipinski definition) is 2. The van der Waals surface area contributed by atoms with Gasteiger partial charge in [0.15, 0.2) is 0 Å². The Balaban J connectivity index is 1.69. The smallest absolute Gasteiger partial charge is 0.314 e. The molecule has 4 heteroatoms. The summed E-state index contributed by atoms with van der Waals surface area (Å²) in [6.45, 7) is 7.33. The summed E-state index contributed by atoms with van der Waals surface area (Å²) in [6, 6.07) is -0.261. The van der Waals surface area contributed by atoms with Crippen LogP contribution in [0.3, 0.4) is 0 Å². The molecule has 2 N–H and O–H groups in total. The summed E-state index contributed by atoms with van der Waals surface area (Å²) in [4.78, 5) is 15.5. The fourth-order valence-corrected chi connectivity index (χ4v) is 3.60. The summed E-state index contributed by atoms with van der Waals surface area (Å²) in [6.07, 6.45) is 8.08. The number of amides is 2. The van der Waals surface area contributed by atoms with Gasteiger partial charge in [-0.25, -0.2) is 4.79 Å². The molecule has 2 aliphatic rings. The van der Waals surface area contributed by atoms with E-state index >= 15 is 0 Å². The minimum atomic E-state index is -0.261. The van der Waals surface area contributed by atoms with Crippen molar-refractivity contribution in [2.45, 2.75) is 45.4 Å². The highest BCUT2D eigenvalue weighted by molar-refractivity contribution is 5.71. The monoisotopic (exact) mass is 267 g/mol. The predicted molar refractivity (Wildman–Crippen MR) is 78.0 cm³/mol. The number of urea groups is 1. The summed E-state index contributed by atoms with van der Waals surface area (Å²) < 4.78 is 0. The molecule has 1 aliphatic carbocycles. The second-order valence-electron chi connectivity index (χ2n) is 6.45. The van der Waals surface area contributed by atoms with E-state index < -0.39 is 0 Å². The van der Waals surface area contributed by atoms with E-state index in [1.807, 2.05) is 0 Å². The van der Waals surface area contributed by atoms with Crippen LogP contribution >= 0.6 is 0 Å². The first kappa shape index (κ1) is 14.6. The lowest BCUT2D eigenvalue weighted by molar-refractivity contribution is 0.201. The summed E-state index contributed by atoms with van der Waals surface area (Å²) in [5.41, 5.74) is 5.36. The maximum atomic E-state index is 11.2. The summed E-state index contributed by atoms with van der Waals surface area (Å²) in [5.74, 6) is 1.85. The molecule has 0 radical (unpaired) electrons. The molecule has 110 valence electrons. The number of primary amides is 1. The normalized spacial score (nSPS) is 30.1. The third-order valence-corrected chi connectivity index (χ3v) is 4.80. The zero-order valence-corrected chi connectivity index (χ0v) is 12.3. The highest BCUT2D eigenvalue weighted by Crippen LogP contribution is 2.30. The molecule has 0 bridgehead atoms. The van der Waals surface area contributed by atoms with Gasteiger partial charge >= 0.3 is 6.03 Å². The molecule has 1 saturated carbocycles. The lowest BCUT2D eigenvalue weighted by Crippen LogP contribution is -2.38. The van der Waals surface area contributed by atoms with Crippen LogP contribution < -0.4 is 5.73 Å². The van der Waals surface area contributed by atoms with Crippen LogP contribution in [0.4, 0.5) is 4.79 Å². The Morgan fingerprint density at radius 1 is 1.16 bits per heavy atom. The zero-order chi connectivity index (χ0) is 13.7. The molecule has 19 heavy (non-hydrogen) atoms. The lowest BCUT2D eigenvalue weighted by atomic mass is 9.81. The summed E-state index contributed by atoms with van der Waals surface area (Å²) >= 11 is 0. The third-order valence-electron chi connectivity index (χ3n) is 4.80. The van der Waals surface area contributed by atoms with Gasteiger partial charge in [0.25, 0.3) is 0 Å². The lowest BCUT2D eigenvalue weighted by Gasteiger charge is -2.29. The van der Waals surface area contributed by atoms with Crippen molar-refractivity contribution in [3.05, 3.63) is 0 Å². The molecule has 4 nitrogen and oxygen atoms in total. The first-order valence-corrected chi connectivity index (χ1v) is 7.92. The van der Waals surface area contributed by atoms with E-state index in [1.54, 1.807) is 4.90 Å². The van der Waals surface area contributed by atoms with Crippen molar-refractivity contribution < 1.29 is 4.79 Å². The van der Waals surface area contributed by atoms with Gasteiger partial charge in [-0.1, -0.05) is 26.2 Å². The van der Waals surface area contributed by atoms with Crippen molar-refractivity contribution in [3.8, 4) is 0 Å². The molecule has 1 heterocycles. The Morgan fingerprint density at radius 2 is 2.00 bits per heavy atom. The number of rotatable bonds is 3. The van der Waals surface area contributed by atoms with Crippen molar-refractivity contribution >= 4 is 6.03 Å². The van der Waals surface area contributed by atoms with E-state index in [0.717, 1.165) is 44.4 Å². The van der Waals surface area contributed by atoms with Crippen LogP contribution in [0.15, 0.2) is 0 Å². The molecule has 1 saturated heterocycles. The van der Waals surface area contributed by atoms with Gasteiger partial charge < -0.3 is 15.5 Å². The number of nitrogens with two attached hydrogens (primary N) is 1. The van der Waals surface area contributed by atoms with Gasteiger partial charge in [-0.15, -0.1) is 0 Å². The SMILES string of the molecule is CC1CCCC(CCN2CCCN(C(N)=O)CC2)C1. The van der Waals surface area contributed by atoms with Gasteiger partial charge in [0.1, 0.15) is 0 Å². The second-order valence-corrected chi connectivity index (χ2v) is 6.45. The van der Waals surface area contributed by atoms with E-state index in [-0.39, 0.29) is 6.03 Å². The van der Waals surface area contributed by atoms with Gasteiger partial charge in [0, 0.05) is 19.6 Å². The molecule has 2 unspecified atom stereocenters. The minimum Gasteiger partial charge on any atom is -0.351 e. The Kier molecular flexibility index (Phi) is 5.49. The number of nitrogens with zero attached hydrogens (tertiary/aromatic N) is 2. The molecule has 0 aromatic heterocycles. The molecule has 0 aromatic rings.